The molecule has 0 saturated carbocycles. The quantitative estimate of drug-likeness (QED) is 0.173. The van der Waals surface area contributed by atoms with Crippen LogP contribution in [-0.2, 0) is 9.47 Å². The van der Waals surface area contributed by atoms with Crippen LogP contribution in [0.1, 0.15) is 0 Å². The first-order valence-electron chi connectivity index (χ1n) is 20.2. The van der Waals surface area contributed by atoms with Crippen molar-refractivity contribution >= 4 is 96.7 Å². The van der Waals surface area contributed by atoms with Gasteiger partial charge in [-0.3, -0.25) is 9.59 Å². The van der Waals surface area contributed by atoms with Crippen LogP contribution in [0.5, 0.6) is 0 Å². The summed E-state index contributed by atoms with van der Waals surface area (Å²) in [4.78, 5) is 30.0. The van der Waals surface area contributed by atoms with Crippen molar-refractivity contribution in [3.05, 3.63) is 154 Å². The molecule has 296 valence electrons. The average Bonchev–Trinajstić information content (AvgIpc) is 3.89. The summed E-state index contributed by atoms with van der Waals surface area (Å²) in [6.07, 6.45) is 0. The van der Waals surface area contributed by atoms with Gasteiger partial charge in [0.05, 0.1) is 37.2 Å². The molecule has 2 fully saturated rings. The van der Waals surface area contributed by atoms with E-state index >= 15 is 0 Å². The first-order chi connectivity index (χ1) is 29.6. The number of ether oxygens (including phenoxy) is 2. The number of morpholine rings is 2. The molecule has 10 heteroatoms. The summed E-state index contributed by atoms with van der Waals surface area (Å²) < 4.78 is 28.6. The zero-order valence-electron chi connectivity index (χ0n) is 32.5. The summed E-state index contributed by atoms with van der Waals surface area (Å²) in [7, 11) is 0. The fourth-order valence-corrected chi connectivity index (χ4v) is 11.0. The molecule has 0 unspecified atom stereocenters. The number of fused-ring (bicyclic) bond motifs is 8. The third kappa shape index (κ3) is 6.44. The molecule has 6 heterocycles. The van der Waals surface area contributed by atoms with Gasteiger partial charge in [-0.15, -0.1) is 22.7 Å². The summed E-state index contributed by atoms with van der Waals surface area (Å²) in [6.45, 7) is 5.47. The van der Waals surface area contributed by atoms with Crippen LogP contribution in [0.2, 0.25) is 0 Å². The van der Waals surface area contributed by atoms with E-state index in [0.717, 1.165) is 48.4 Å². The largest absolute Gasteiger partial charge is 0.440 e. The highest BCUT2D eigenvalue weighted by atomic mass is 32.1. The highest BCUT2D eigenvalue weighted by Gasteiger charge is 2.21. The molecule has 0 amide bonds. The Balaban J connectivity index is 0.000000136. The van der Waals surface area contributed by atoms with Gasteiger partial charge in [0.2, 0.25) is 0 Å². The molecule has 0 radical (unpaired) electrons. The van der Waals surface area contributed by atoms with E-state index in [1.165, 1.54) is 40.3 Å². The molecule has 0 bridgehead atoms. The van der Waals surface area contributed by atoms with E-state index in [2.05, 4.69) is 94.7 Å². The number of nitrogens with zero attached hydrogens (tertiary/aromatic N) is 2. The molecule has 0 atom stereocenters. The van der Waals surface area contributed by atoms with Crippen LogP contribution in [0, 0.1) is 0 Å². The Morgan fingerprint density at radius 1 is 0.400 bits per heavy atom. The lowest BCUT2D eigenvalue weighted by Crippen LogP contribution is -2.36. The maximum atomic E-state index is 12.9. The van der Waals surface area contributed by atoms with Crippen molar-refractivity contribution in [2.45, 2.75) is 0 Å². The smallest absolute Gasteiger partial charge is 0.200 e. The van der Waals surface area contributed by atoms with Gasteiger partial charge in [0.15, 0.2) is 22.6 Å². The highest BCUT2D eigenvalue weighted by molar-refractivity contribution is 7.26. The summed E-state index contributed by atoms with van der Waals surface area (Å²) in [6, 6.07) is 44.6. The van der Waals surface area contributed by atoms with Crippen LogP contribution in [0.25, 0.3) is 84.5 Å². The minimum absolute atomic E-state index is 0.0110. The Morgan fingerprint density at radius 3 is 1.20 bits per heavy atom. The SMILES string of the molecule is O=c1cc(N2CCOCC2)oc2c(-c3cccc4c3sc3ccccc34)cccc12.O=c1cc(N2CCOCC2)oc2c(-c3cccc4c3sc3ccccc34)cccc12. The summed E-state index contributed by atoms with van der Waals surface area (Å²) in [5.74, 6) is 1.23. The molecule has 4 aromatic heterocycles. The number of thiophene rings is 2. The molecule has 0 spiro atoms. The van der Waals surface area contributed by atoms with Gasteiger partial charge in [0, 0.05) is 101 Å². The Bertz CT molecular complexity index is 3150. The van der Waals surface area contributed by atoms with Gasteiger partial charge in [-0.2, -0.15) is 0 Å². The van der Waals surface area contributed by atoms with E-state index in [4.69, 9.17) is 18.3 Å². The molecule has 2 aliphatic heterocycles. The second-order valence-electron chi connectivity index (χ2n) is 15.0. The van der Waals surface area contributed by atoms with Gasteiger partial charge in [0.25, 0.3) is 0 Å². The number of benzene rings is 6. The predicted molar refractivity (Wildman–Crippen MR) is 248 cm³/mol. The van der Waals surface area contributed by atoms with Crippen molar-refractivity contribution in [3.8, 4) is 22.3 Å². The number of hydrogen-bond acceptors (Lipinski definition) is 10. The van der Waals surface area contributed by atoms with E-state index in [9.17, 15) is 9.59 Å². The summed E-state index contributed by atoms with van der Waals surface area (Å²) in [5.41, 5.74) is 5.39. The predicted octanol–water partition coefficient (Wildman–Crippen LogP) is 11.3. The second kappa shape index (κ2) is 15.4. The van der Waals surface area contributed by atoms with E-state index < -0.39 is 0 Å². The lowest BCUT2D eigenvalue weighted by Gasteiger charge is -2.27. The Kier molecular flexibility index (Phi) is 9.42. The van der Waals surface area contributed by atoms with E-state index in [1.807, 2.05) is 36.4 Å². The number of anilines is 2. The fourth-order valence-electron chi connectivity index (χ4n) is 8.55. The molecule has 12 rings (SSSR count). The molecule has 60 heavy (non-hydrogen) atoms. The van der Waals surface area contributed by atoms with Crippen molar-refractivity contribution in [1.82, 2.24) is 0 Å². The molecule has 8 nitrogen and oxygen atoms in total. The Labute approximate surface area is 352 Å². The monoisotopic (exact) mass is 826 g/mol. The Hall–Kier alpha value is -6.30. The lowest BCUT2D eigenvalue weighted by atomic mass is 10.0. The van der Waals surface area contributed by atoms with Crippen molar-refractivity contribution < 1.29 is 18.3 Å². The lowest BCUT2D eigenvalue weighted by molar-refractivity contribution is 0.120. The third-order valence-corrected chi connectivity index (χ3v) is 14.0. The minimum Gasteiger partial charge on any atom is -0.440 e. The molecule has 2 saturated heterocycles. The average molecular weight is 827 g/mol. The van der Waals surface area contributed by atoms with Crippen molar-refractivity contribution in [2.75, 3.05) is 62.4 Å². The van der Waals surface area contributed by atoms with E-state index in [0.29, 0.717) is 60.1 Å². The van der Waals surface area contributed by atoms with Crippen LogP contribution in [0.4, 0.5) is 11.8 Å². The van der Waals surface area contributed by atoms with E-state index in [1.54, 1.807) is 34.8 Å². The third-order valence-electron chi connectivity index (χ3n) is 11.5. The second-order valence-corrected chi connectivity index (χ2v) is 17.1. The van der Waals surface area contributed by atoms with Crippen LogP contribution < -0.4 is 20.7 Å². The van der Waals surface area contributed by atoms with Crippen LogP contribution in [0.15, 0.2) is 152 Å². The molecule has 10 aromatic rings. The fraction of sp³-hybridized carbons (Fsp3) is 0.160. The molecule has 6 aromatic carbocycles. The number of para-hydroxylation sites is 2. The molecule has 0 N–H and O–H groups in total. The Morgan fingerprint density at radius 2 is 0.767 bits per heavy atom. The van der Waals surface area contributed by atoms with Crippen molar-refractivity contribution in [1.29, 1.82) is 0 Å². The van der Waals surface area contributed by atoms with Gasteiger partial charge in [0.1, 0.15) is 11.2 Å². The van der Waals surface area contributed by atoms with Crippen LogP contribution in [-0.4, -0.2) is 52.6 Å². The molecule has 0 aliphatic carbocycles. The van der Waals surface area contributed by atoms with Gasteiger partial charge in [-0.05, 0) is 24.3 Å². The first-order valence-corrected chi connectivity index (χ1v) is 21.8. The first kappa shape index (κ1) is 36.8. The van der Waals surface area contributed by atoms with Crippen LogP contribution in [0.3, 0.4) is 0 Å². The van der Waals surface area contributed by atoms with Gasteiger partial charge >= 0.3 is 0 Å². The number of hydrogen-bond donors (Lipinski definition) is 0. The topological polar surface area (TPSA) is 85.4 Å². The van der Waals surface area contributed by atoms with E-state index in [-0.39, 0.29) is 10.9 Å². The molecular weight excluding hydrogens is 789 g/mol. The standard InChI is InChI=1S/2C25H19NO3S/c2*27-21-15-23(26-11-13-28-14-12-26)29-24-17(6-3-9-20(21)24)19-8-4-7-18-16-5-1-2-10-22(16)30-25(18)19/h2*1-10,15H,11-14H2. The van der Waals surface area contributed by atoms with Crippen molar-refractivity contribution in [3.63, 3.8) is 0 Å². The van der Waals surface area contributed by atoms with Crippen molar-refractivity contribution in [2.24, 2.45) is 0 Å². The van der Waals surface area contributed by atoms with Gasteiger partial charge < -0.3 is 28.1 Å². The van der Waals surface area contributed by atoms with Gasteiger partial charge in [-0.25, -0.2) is 0 Å². The minimum atomic E-state index is -0.0110. The summed E-state index contributed by atoms with van der Waals surface area (Å²) >= 11 is 3.56. The molecule has 2 aliphatic rings. The maximum Gasteiger partial charge on any atom is 0.200 e. The highest BCUT2D eigenvalue weighted by Crippen LogP contribution is 2.43. The van der Waals surface area contributed by atoms with Gasteiger partial charge in [-0.1, -0.05) is 97.1 Å². The number of rotatable bonds is 4. The molecular formula is C50H38N2O6S2. The zero-order chi connectivity index (χ0) is 40.2. The zero-order valence-corrected chi connectivity index (χ0v) is 34.2. The normalized spacial score (nSPS) is 14.7. The summed E-state index contributed by atoms with van der Waals surface area (Å²) in [5, 5.41) is 6.21. The van der Waals surface area contributed by atoms with Crippen LogP contribution >= 0.6 is 22.7 Å². The maximum absolute atomic E-state index is 12.9.